The molecule has 0 aliphatic carbocycles. The second-order valence-corrected chi connectivity index (χ2v) is 5.98. The molecule has 2 rings (SSSR count). The first-order valence-electron chi connectivity index (χ1n) is 6.70. The van der Waals surface area contributed by atoms with E-state index in [0.29, 0.717) is 0 Å². The summed E-state index contributed by atoms with van der Waals surface area (Å²) in [5, 5.41) is 2.69. The fourth-order valence-electron chi connectivity index (χ4n) is 1.79. The lowest BCUT2D eigenvalue weighted by atomic mass is 10.2. The van der Waals surface area contributed by atoms with Crippen molar-refractivity contribution < 1.29 is 18.7 Å². The van der Waals surface area contributed by atoms with Crippen LogP contribution in [0.3, 0.4) is 0 Å². The number of ether oxygens (including phenoxy) is 1. The van der Waals surface area contributed by atoms with Gasteiger partial charge in [-0.15, -0.1) is 0 Å². The van der Waals surface area contributed by atoms with Gasteiger partial charge in [-0.2, -0.15) is 0 Å². The van der Waals surface area contributed by atoms with E-state index in [4.69, 9.17) is 39.5 Å². The number of nitrogens with one attached hydrogen (secondary N) is 1. The molecule has 0 aliphatic rings. The average Bonchev–Trinajstić information content (AvgIpc) is 2.49. The number of amides is 1. The summed E-state index contributed by atoms with van der Waals surface area (Å²) in [5.41, 5.74) is 0.169. The Kier molecular flexibility index (Phi) is 6.04. The van der Waals surface area contributed by atoms with Crippen molar-refractivity contribution in [2.45, 2.75) is 13.0 Å². The van der Waals surface area contributed by atoms with E-state index < -0.39 is 23.8 Å². The number of rotatable bonds is 4. The molecule has 0 aromatic heterocycles. The van der Waals surface area contributed by atoms with Crippen molar-refractivity contribution in [1.82, 2.24) is 0 Å². The second kappa shape index (κ2) is 7.83. The van der Waals surface area contributed by atoms with Crippen LogP contribution in [0.15, 0.2) is 36.4 Å². The Morgan fingerprint density at radius 1 is 1.08 bits per heavy atom. The van der Waals surface area contributed by atoms with Crippen molar-refractivity contribution in [3.8, 4) is 0 Å². The maximum Gasteiger partial charge on any atom is 0.341 e. The molecule has 0 aliphatic heterocycles. The zero-order valence-corrected chi connectivity index (χ0v) is 14.5. The van der Waals surface area contributed by atoms with Gasteiger partial charge in [-0.25, -0.2) is 9.18 Å². The van der Waals surface area contributed by atoms with Gasteiger partial charge in [0, 0.05) is 0 Å². The molecule has 0 unspecified atom stereocenters. The van der Waals surface area contributed by atoms with E-state index in [-0.39, 0.29) is 26.3 Å². The van der Waals surface area contributed by atoms with Crippen LogP contribution in [0.2, 0.25) is 15.1 Å². The number of anilines is 1. The average molecular weight is 391 g/mol. The van der Waals surface area contributed by atoms with E-state index >= 15 is 0 Å². The Morgan fingerprint density at radius 3 is 2.29 bits per heavy atom. The molecule has 0 heterocycles. The lowest BCUT2D eigenvalue weighted by Crippen LogP contribution is -2.30. The first-order chi connectivity index (χ1) is 11.3. The third-order valence-electron chi connectivity index (χ3n) is 3.01. The minimum Gasteiger partial charge on any atom is -0.449 e. The van der Waals surface area contributed by atoms with Gasteiger partial charge in [0.15, 0.2) is 6.10 Å². The third-order valence-corrected chi connectivity index (χ3v) is 3.95. The molecule has 1 N–H and O–H groups in total. The van der Waals surface area contributed by atoms with Crippen LogP contribution >= 0.6 is 34.8 Å². The molecule has 1 amide bonds. The normalized spacial score (nSPS) is 11.7. The fraction of sp³-hybridized carbons (Fsp3) is 0.125. The quantitative estimate of drug-likeness (QED) is 0.750. The number of benzene rings is 2. The van der Waals surface area contributed by atoms with Gasteiger partial charge in [0.25, 0.3) is 5.91 Å². The van der Waals surface area contributed by atoms with Crippen LogP contribution in [0.5, 0.6) is 0 Å². The van der Waals surface area contributed by atoms with Crippen molar-refractivity contribution >= 4 is 52.4 Å². The van der Waals surface area contributed by atoms with Crippen LogP contribution in [-0.4, -0.2) is 18.0 Å². The Hall–Kier alpha value is -1.82. The molecular weight excluding hydrogens is 380 g/mol. The van der Waals surface area contributed by atoms with E-state index in [9.17, 15) is 14.0 Å². The van der Waals surface area contributed by atoms with Crippen LogP contribution in [-0.2, 0) is 9.53 Å². The zero-order valence-electron chi connectivity index (χ0n) is 12.3. The maximum absolute atomic E-state index is 13.0. The van der Waals surface area contributed by atoms with Crippen LogP contribution in [0.25, 0.3) is 0 Å². The Labute approximate surface area is 152 Å². The van der Waals surface area contributed by atoms with Gasteiger partial charge < -0.3 is 10.1 Å². The second-order valence-electron chi connectivity index (χ2n) is 4.76. The van der Waals surface area contributed by atoms with Crippen molar-refractivity contribution in [1.29, 1.82) is 0 Å². The van der Waals surface area contributed by atoms with Crippen LogP contribution in [0.1, 0.15) is 17.3 Å². The first-order valence-corrected chi connectivity index (χ1v) is 7.84. The summed E-state index contributed by atoms with van der Waals surface area (Å²) in [5.74, 6) is -2.01. The Bertz CT molecular complexity index is 778. The molecule has 0 radical (unpaired) electrons. The van der Waals surface area contributed by atoms with Gasteiger partial charge in [-0.3, -0.25) is 4.79 Å². The smallest absolute Gasteiger partial charge is 0.341 e. The van der Waals surface area contributed by atoms with Gasteiger partial charge in [0.2, 0.25) is 0 Å². The highest BCUT2D eigenvalue weighted by Crippen LogP contribution is 2.26. The third kappa shape index (κ3) is 4.38. The van der Waals surface area contributed by atoms with E-state index in [1.165, 1.54) is 25.1 Å². The van der Waals surface area contributed by atoms with Gasteiger partial charge in [0.1, 0.15) is 5.82 Å². The molecule has 2 aromatic carbocycles. The fourth-order valence-corrected chi connectivity index (χ4v) is 2.56. The summed E-state index contributed by atoms with van der Waals surface area (Å²) in [4.78, 5) is 24.2. The zero-order chi connectivity index (χ0) is 17.9. The van der Waals surface area contributed by atoms with Crippen LogP contribution in [0, 0.1) is 5.82 Å². The molecule has 1 atom stereocenters. The van der Waals surface area contributed by atoms with Gasteiger partial charge in [-0.1, -0.05) is 40.9 Å². The number of halogens is 4. The summed E-state index contributed by atoms with van der Waals surface area (Å²) < 4.78 is 18.0. The van der Waals surface area contributed by atoms with Crippen LogP contribution in [0.4, 0.5) is 10.1 Å². The predicted molar refractivity (Wildman–Crippen MR) is 91.4 cm³/mol. The lowest BCUT2D eigenvalue weighted by Gasteiger charge is -2.15. The van der Waals surface area contributed by atoms with E-state index in [1.807, 2.05) is 0 Å². The molecule has 0 saturated heterocycles. The summed E-state index contributed by atoms with van der Waals surface area (Å²) in [7, 11) is 0. The standard InChI is InChI=1S/C16H11Cl3FNO3/c1-8(15(22)21-13-6-5-9(20)7-12(13)19)24-16(23)14-10(17)3-2-4-11(14)18/h2-8H,1H3,(H,21,22)/t8-/m1/s1. The summed E-state index contributed by atoms with van der Waals surface area (Å²) in [6.07, 6.45) is -1.15. The van der Waals surface area contributed by atoms with E-state index in [2.05, 4.69) is 5.32 Å². The highest BCUT2D eigenvalue weighted by atomic mass is 35.5. The number of carbonyl (C=O) groups excluding carboxylic acids is 2. The summed E-state index contributed by atoms with van der Waals surface area (Å²) in [6.45, 7) is 1.37. The SMILES string of the molecule is C[C@@H](OC(=O)c1c(Cl)cccc1Cl)C(=O)Nc1ccc(F)cc1Cl. The topological polar surface area (TPSA) is 55.4 Å². The monoisotopic (exact) mass is 389 g/mol. The minimum absolute atomic E-state index is 0.0241. The van der Waals surface area contributed by atoms with E-state index in [0.717, 1.165) is 12.1 Å². The molecular formula is C16H11Cl3FNO3. The highest BCUT2D eigenvalue weighted by Gasteiger charge is 2.23. The molecule has 126 valence electrons. The highest BCUT2D eigenvalue weighted by molar-refractivity contribution is 6.39. The van der Waals surface area contributed by atoms with Gasteiger partial charge >= 0.3 is 5.97 Å². The minimum atomic E-state index is -1.15. The van der Waals surface area contributed by atoms with Gasteiger partial charge in [-0.05, 0) is 37.3 Å². The predicted octanol–water partition coefficient (Wildman–Crippen LogP) is 4.97. The summed E-state index contributed by atoms with van der Waals surface area (Å²) in [6, 6.07) is 8.03. The Balaban J connectivity index is 2.07. The first kappa shape index (κ1) is 18.5. The molecule has 4 nitrogen and oxygen atoms in total. The molecule has 0 saturated carbocycles. The lowest BCUT2D eigenvalue weighted by molar-refractivity contribution is -0.123. The Morgan fingerprint density at radius 2 is 1.71 bits per heavy atom. The maximum atomic E-state index is 13.0. The molecule has 0 spiro atoms. The number of hydrogen-bond acceptors (Lipinski definition) is 3. The van der Waals surface area contributed by atoms with Crippen LogP contribution < -0.4 is 5.32 Å². The molecule has 2 aromatic rings. The molecule has 8 heteroatoms. The van der Waals surface area contributed by atoms with Crippen molar-refractivity contribution in [2.24, 2.45) is 0 Å². The number of hydrogen-bond donors (Lipinski definition) is 1. The summed E-state index contributed by atoms with van der Waals surface area (Å²) >= 11 is 17.7. The van der Waals surface area contributed by atoms with Gasteiger partial charge in [0.05, 0.1) is 26.3 Å². The number of carbonyl (C=O) groups is 2. The van der Waals surface area contributed by atoms with E-state index in [1.54, 1.807) is 6.07 Å². The molecule has 24 heavy (non-hydrogen) atoms. The largest absolute Gasteiger partial charge is 0.449 e. The molecule has 0 fully saturated rings. The molecule has 0 bridgehead atoms. The van der Waals surface area contributed by atoms with Crippen molar-refractivity contribution in [2.75, 3.05) is 5.32 Å². The number of esters is 1. The van der Waals surface area contributed by atoms with Crippen molar-refractivity contribution in [3.05, 3.63) is 62.8 Å². The van der Waals surface area contributed by atoms with Crippen molar-refractivity contribution in [3.63, 3.8) is 0 Å².